The van der Waals surface area contributed by atoms with Gasteiger partial charge in [-0.1, -0.05) is 30.3 Å². The quantitative estimate of drug-likeness (QED) is 0.263. The van der Waals surface area contributed by atoms with E-state index < -0.39 is 50.9 Å². The van der Waals surface area contributed by atoms with Gasteiger partial charge in [-0.15, -0.1) is 0 Å². The average molecular weight is 505 g/mol. The first-order chi connectivity index (χ1) is 15.6. The maximum atomic E-state index is 12.8. The van der Waals surface area contributed by atoms with Gasteiger partial charge >= 0.3 is 27.7 Å². The van der Waals surface area contributed by atoms with E-state index in [4.69, 9.17) is 4.74 Å². The number of alkyl carbamates (subject to hydrolysis) is 1. The summed E-state index contributed by atoms with van der Waals surface area (Å²) in [7, 11) is -4.95. The zero-order chi connectivity index (χ0) is 25.9. The van der Waals surface area contributed by atoms with Crippen LogP contribution in [0.25, 0.3) is 10.8 Å². The molecule has 0 fully saturated rings. The van der Waals surface area contributed by atoms with Gasteiger partial charge < -0.3 is 19.0 Å². The van der Waals surface area contributed by atoms with Crippen LogP contribution in [-0.4, -0.2) is 50.5 Å². The Bertz CT molecular complexity index is 1200. The zero-order valence-corrected chi connectivity index (χ0v) is 19.4. The summed E-state index contributed by atoms with van der Waals surface area (Å²) in [5.74, 6) is -2.92. The van der Waals surface area contributed by atoms with Gasteiger partial charge in [0.05, 0.1) is 7.11 Å². The molecular weight excluding hydrogens is 483 g/mol. The van der Waals surface area contributed by atoms with Crippen LogP contribution in [0.5, 0.6) is 5.75 Å². The van der Waals surface area contributed by atoms with Crippen LogP contribution in [0.3, 0.4) is 0 Å². The number of ether oxygens (including phenoxy) is 2. The van der Waals surface area contributed by atoms with Crippen molar-refractivity contribution in [3.05, 3.63) is 42.0 Å². The number of fused-ring (bicyclic) bond motifs is 1. The highest BCUT2D eigenvalue weighted by atomic mass is 32.2. The van der Waals surface area contributed by atoms with Crippen LogP contribution in [0.4, 0.5) is 18.0 Å². The smallest absolute Gasteiger partial charge is 0.463 e. The molecule has 1 atom stereocenters. The van der Waals surface area contributed by atoms with E-state index in [1.807, 2.05) is 0 Å². The van der Waals surface area contributed by atoms with E-state index in [1.165, 1.54) is 30.3 Å². The maximum Gasteiger partial charge on any atom is 0.534 e. The number of ketones is 1. The lowest BCUT2D eigenvalue weighted by Crippen LogP contribution is -2.47. The molecule has 0 aromatic heterocycles. The van der Waals surface area contributed by atoms with Crippen LogP contribution >= 0.6 is 0 Å². The van der Waals surface area contributed by atoms with Gasteiger partial charge in [-0.2, -0.15) is 21.6 Å². The molecule has 13 heteroatoms. The van der Waals surface area contributed by atoms with Crippen molar-refractivity contribution in [3.63, 3.8) is 0 Å². The number of hydrogen-bond acceptors (Lipinski definition) is 8. The molecule has 2 rings (SSSR count). The minimum Gasteiger partial charge on any atom is -0.463 e. The topological polar surface area (TPSA) is 125 Å². The van der Waals surface area contributed by atoms with E-state index in [0.29, 0.717) is 5.56 Å². The molecule has 0 aliphatic rings. The number of hydrogen-bond donors (Lipinski definition) is 1. The lowest BCUT2D eigenvalue weighted by Gasteiger charge is -2.23. The first-order valence-electron chi connectivity index (χ1n) is 9.69. The van der Waals surface area contributed by atoms with Gasteiger partial charge in [0.2, 0.25) is 0 Å². The normalized spacial score (nSPS) is 13.1. The number of benzene rings is 2. The Kier molecular flexibility index (Phi) is 7.81. The third kappa shape index (κ3) is 6.59. The van der Waals surface area contributed by atoms with Crippen molar-refractivity contribution in [3.8, 4) is 5.75 Å². The van der Waals surface area contributed by atoms with E-state index in [9.17, 15) is 36.0 Å². The van der Waals surface area contributed by atoms with Crippen LogP contribution in [0.1, 0.15) is 26.3 Å². The summed E-state index contributed by atoms with van der Waals surface area (Å²) in [6.45, 7) is 4.76. The number of esters is 1. The van der Waals surface area contributed by atoms with Gasteiger partial charge in [0.25, 0.3) is 5.78 Å². The maximum absolute atomic E-state index is 12.8. The van der Waals surface area contributed by atoms with Crippen molar-refractivity contribution < 1.29 is 49.6 Å². The Hall–Kier alpha value is -3.35. The first-order valence-corrected chi connectivity index (χ1v) is 11.1. The predicted molar refractivity (Wildman–Crippen MR) is 113 cm³/mol. The third-order valence-corrected chi connectivity index (χ3v) is 5.24. The predicted octanol–water partition coefficient (Wildman–Crippen LogP) is 3.25. The second-order valence-electron chi connectivity index (χ2n) is 8.01. The molecule has 34 heavy (non-hydrogen) atoms. The molecule has 0 aliphatic carbocycles. The molecule has 9 nitrogen and oxygen atoms in total. The number of amides is 1. The number of halogens is 3. The monoisotopic (exact) mass is 505 g/mol. The van der Waals surface area contributed by atoms with Crippen LogP contribution in [-0.2, 0) is 35.6 Å². The molecule has 2 aromatic carbocycles. The Morgan fingerprint density at radius 2 is 1.59 bits per heavy atom. The largest absolute Gasteiger partial charge is 0.534 e. The summed E-state index contributed by atoms with van der Waals surface area (Å²) in [5.41, 5.74) is -6.24. The second kappa shape index (κ2) is 9.87. The fourth-order valence-corrected chi connectivity index (χ4v) is 3.35. The number of alkyl halides is 3. The first kappa shape index (κ1) is 26.9. The molecule has 0 bridgehead atoms. The molecule has 2 aromatic rings. The van der Waals surface area contributed by atoms with Crippen molar-refractivity contribution in [1.29, 1.82) is 0 Å². The van der Waals surface area contributed by atoms with Gasteiger partial charge in [-0.25, -0.2) is 9.59 Å². The fraction of sp³-hybridized carbons (Fsp3) is 0.381. The summed E-state index contributed by atoms with van der Waals surface area (Å²) in [5, 5.41) is 2.51. The second-order valence-corrected chi connectivity index (χ2v) is 9.55. The summed E-state index contributed by atoms with van der Waals surface area (Å²) in [6.07, 6.45) is -1.28. The van der Waals surface area contributed by atoms with Gasteiger partial charge in [-0.3, -0.25) is 4.79 Å². The zero-order valence-electron chi connectivity index (χ0n) is 18.6. The van der Waals surface area contributed by atoms with Crippen LogP contribution in [0.2, 0.25) is 0 Å². The Balaban J connectivity index is 2.47. The summed E-state index contributed by atoms with van der Waals surface area (Å²) >= 11 is 0. The highest BCUT2D eigenvalue weighted by Crippen LogP contribution is 2.33. The summed E-state index contributed by atoms with van der Waals surface area (Å²) in [6, 6.07) is 6.48. The van der Waals surface area contributed by atoms with Gasteiger partial charge in [0.1, 0.15) is 11.6 Å². The lowest BCUT2D eigenvalue weighted by atomic mass is 9.96. The highest BCUT2D eigenvalue weighted by molar-refractivity contribution is 7.88. The molecule has 0 heterocycles. The molecule has 186 valence electrons. The lowest BCUT2D eigenvalue weighted by molar-refractivity contribution is -0.152. The number of methoxy groups -OCH3 is 1. The number of rotatable bonds is 7. The van der Waals surface area contributed by atoms with Crippen molar-refractivity contribution in [1.82, 2.24) is 5.32 Å². The van der Waals surface area contributed by atoms with Crippen molar-refractivity contribution in [2.45, 2.75) is 44.3 Å². The highest BCUT2D eigenvalue weighted by Gasteiger charge is 2.48. The Labute approximate surface area is 193 Å². The SMILES string of the molecule is COC(=O)C(=O)[C@H](Cc1ccc(OS(=O)(=O)C(F)(F)F)c2ccccc12)NC(=O)OC(C)(C)C. The van der Waals surface area contributed by atoms with Crippen LogP contribution in [0.15, 0.2) is 36.4 Å². The van der Waals surface area contributed by atoms with Gasteiger partial charge in [-0.05, 0) is 37.8 Å². The van der Waals surface area contributed by atoms with Crippen LogP contribution < -0.4 is 9.50 Å². The van der Waals surface area contributed by atoms with Crippen molar-refractivity contribution >= 4 is 38.7 Å². The van der Waals surface area contributed by atoms with Crippen molar-refractivity contribution in [2.24, 2.45) is 0 Å². The Morgan fingerprint density at radius 1 is 1.00 bits per heavy atom. The molecule has 0 unspecified atom stereocenters. The van der Waals surface area contributed by atoms with Gasteiger partial charge in [0.15, 0.2) is 5.75 Å². The summed E-state index contributed by atoms with van der Waals surface area (Å²) in [4.78, 5) is 36.5. The third-order valence-electron chi connectivity index (χ3n) is 4.28. The summed E-state index contributed by atoms with van der Waals surface area (Å²) < 4.78 is 75.0. The number of carbonyl (C=O) groups is 3. The molecular formula is C21H22F3NO8S. The molecule has 0 spiro atoms. The Morgan fingerprint density at radius 3 is 2.12 bits per heavy atom. The standard InChI is InChI=1S/C21H22F3NO8S/c1-20(2,3)32-19(28)25-15(17(26)18(27)31-4)11-12-9-10-16(14-8-6-5-7-13(12)14)33-34(29,30)21(22,23)24/h5-10,15H,11H2,1-4H3,(H,25,28)/t15-/m0/s1. The minimum absolute atomic E-state index is 0.00522. The molecule has 1 N–H and O–H groups in total. The van der Waals surface area contributed by atoms with E-state index >= 15 is 0 Å². The number of carbonyl (C=O) groups excluding carboxylic acids is 3. The molecule has 0 saturated heterocycles. The van der Waals surface area contributed by atoms with E-state index in [0.717, 1.165) is 13.2 Å². The number of Topliss-reactive ketones (excluding diaryl/α,β-unsaturated/α-hetero) is 1. The fourth-order valence-electron chi connectivity index (χ4n) is 2.87. The van der Waals surface area contributed by atoms with Crippen LogP contribution in [0, 0.1) is 0 Å². The molecule has 0 saturated carbocycles. The van der Waals surface area contributed by atoms with E-state index in [2.05, 4.69) is 14.2 Å². The number of nitrogens with one attached hydrogen (secondary N) is 1. The minimum atomic E-state index is -5.93. The van der Waals surface area contributed by atoms with E-state index in [-0.39, 0.29) is 17.2 Å². The van der Waals surface area contributed by atoms with Gasteiger partial charge in [0, 0.05) is 11.8 Å². The average Bonchev–Trinajstić information content (AvgIpc) is 2.71. The molecule has 0 radical (unpaired) electrons. The molecule has 1 amide bonds. The van der Waals surface area contributed by atoms with Crippen molar-refractivity contribution in [2.75, 3.05) is 7.11 Å². The van der Waals surface area contributed by atoms with E-state index in [1.54, 1.807) is 20.8 Å². The molecule has 0 aliphatic heterocycles.